The minimum absolute atomic E-state index is 0.0880. The van der Waals surface area contributed by atoms with Gasteiger partial charge < -0.3 is 19.4 Å². The monoisotopic (exact) mass is 607 g/mol. The van der Waals surface area contributed by atoms with Crippen molar-refractivity contribution in [1.29, 1.82) is 5.26 Å². The molecule has 1 amide bonds. The number of nitrogens with zero attached hydrogens (tertiary/aromatic N) is 7. The van der Waals surface area contributed by atoms with Crippen LogP contribution in [-0.4, -0.2) is 82.6 Å². The molecule has 8 rings (SSSR count). The van der Waals surface area contributed by atoms with Crippen LogP contribution in [0.5, 0.6) is 6.01 Å². The number of amides is 1. The first kappa shape index (κ1) is 28.4. The van der Waals surface area contributed by atoms with Crippen molar-refractivity contribution in [3.05, 3.63) is 54.0 Å². The number of anilines is 1. The van der Waals surface area contributed by atoms with E-state index >= 15 is 4.39 Å². The van der Waals surface area contributed by atoms with Crippen molar-refractivity contribution in [2.45, 2.75) is 56.9 Å². The third-order valence-corrected chi connectivity index (χ3v) is 10.7. The molecule has 2 saturated carbocycles. The minimum Gasteiger partial charge on any atom is -0.463 e. The lowest BCUT2D eigenvalue weighted by Crippen LogP contribution is -2.55. The van der Waals surface area contributed by atoms with E-state index in [9.17, 15) is 10.1 Å². The van der Waals surface area contributed by atoms with Crippen molar-refractivity contribution in [1.82, 2.24) is 24.8 Å². The number of rotatable bonds is 9. The van der Waals surface area contributed by atoms with E-state index in [1.807, 2.05) is 17.0 Å². The van der Waals surface area contributed by atoms with Gasteiger partial charge in [0.05, 0.1) is 30.5 Å². The molecule has 0 bridgehead atoms. The molecule has 3 atom stereocenters. The largest absolute Gasteiger partial charge is 0.463 e. The number of likely N-dealkylation sites (tertiary alicyclic amines) is 1. The first-order valence-electron chi connectivity index (χ1n) is 16.4. The van der Waals surface area contributed by atoms with Gasteiger partial charge in [0.15, 0.2) is 5.82 Å². The Hall–Kier alpha value is -4.10. The van der Waals surface area contributed by atoms with Crippen LogP contribution in [0.1, 0.15) is 55.6 Å². The number of carbonyl (C=O) groups excluding carboxylic acids is 1. The van der Waals surface area contributed by atoms with Gasteiger partial charge in [-0.2, -0.15) is 15.2 Å². The topological polar surface area (TPSA) is 98.5 Å². The van der Waals surface area contributed by atoms with Gasteiger partial charge in [-0.05, 0) is 80.7 Å². The van der Waals surface area contributed by atoms with E-state index in [1.165, 1.54) is 30.0 Å². The number of ether oxygens (including phenoxy) is 1. The summed E-state index contributed by atoms with van der Waals surface area (Å²) >= 11 is 0. The van der Waals surface area contributed by atoms with Gasteiger partial charge in [0.25, 0.3) is 0 Å². The van der Waals surface area contributed by atoms with Crippen LogP contribution in [0.25, 0.3) is 22.2 Å². The first-order chi connectivity index (χ1) is 22.0. The van der Waals surface area contributed by atoms with Crippen LogP contribution in [0.2, 0.25) is 0 Å². The Morgan fingerprint density at radius 3 is 2.82 bits per heavy atom. The van der Waals surface area contributed by atoms with Gasteiger partial charge in [-0.1, -0.05) is 24.8 Å². The normalized spacial score (nSPS) is 24.7. The van der Waals surface area contributed by atoms with E-state index in [1.54, 1.807) is 11.1 Å². The van der Waals surface area contributed by atoms with Gasteiger partial charge in [0.1, 0.15) is 17.0 Å². The van der Waals surface area contributed by atoms with Crippen LogP contribution in [0.4, 0.5) is 10.2 Å². The van der Waals surface area contributed by atoms with E-state index in [-0.39, 0.29) is 35.3 Å². The molecule has 3 aromatic rings. The molecule has 4 fully saturated rings. The molecule has 5 aliphatic rings. The average Bonchev–Trinajstić information content (AvgIpc) is 3.90. The summed E-state index contributed by atoms with van der Waals surface area (Å²) in [4.78, 5) is 33.0. The van der Waals surface area contributed by atoms with Crippen LogP contribution in [0, 0.1) is 28.5 Å². The van der Waals surface area contributed by atoms with Crippen LogP contribution in [-0.2, 0) is 11.2 Å². The molecular weight excluding hydrogens is 569 g/mol. The molecule has 2 aliphatic heterocycles. The molecule has 0 spiro atoms. The summed E-state index contributed by atoms with van der Waals surface area (Å²) in [5.74, 6) is 1.01. The summed E-state index contributed by atoms with van der Waals surface area (Å²) in [6, 6.07) is 8.15. The van der Waals surface area contributed by atoms with Crippen LogP contribution >= 0.6 is 0 Å². The van der Waals surface area contributed by atoms with E-state index < -0.39 is 5.82 Å². The molecule has 3 aliphatic carbocycles. The lowest BCUT2D eigenvalue weighted by atomic mass is 9.96. The van der Waals surface area contributed by atoms with Crippen molar-refractivity contribution in [3.8, 4) is 23.3 Å². The first-order valence-corrected chi connectivity index (χ1v) is 16.4. The number of hydrogen-bond donors (Lipinski definition) is 0. The maximum atomic E-state index is 16.7. The standard InChI is InChI=1S/C35H38FN7O2/c1-2-28(44)43-15-14-42(19-24(43)8-11-37)33-27-18-38-31(25-7-5-6-22-16-23-17-26(23)29(22)25)30(36)32(27)39-34(40-33)45-21-35(9-10-35)20-41-12-3-4-13-41/h2,5-7,18,23-24,26H,1,3-4,8-10,12-17,19-21H2/t23-,24-,26+/m0/s1. The number of halogens is 1. The maximum absolute atomic E-state index is 16.7. The third-order valence-electron chi connectivity index (χ3n) is 10.7. The second kappa shape index (κ2) is 11.1. The highest BCUT2D eigenvalue weighted by molar-refractivity contribution is 5.93. The van der Waals surface area contributed by atoms with Crippen LogP contribution in [0.3, 0.4) is 0 Å². The molecule has 2 aromatic heterocycles. The number of aromatic nitrogens is 3. The number of carbonyl (C=O) groups is 1. The summed E-state index contributed by atoms with van der Waals surface area (Å²) in [5.41, 5.74) is 3.98. The van der Waals surface area contributed by atoms with Crippen LogP contribution < -0.4 is 9.64 Å². The highest BCUT2D eigenvalue weighted by Crippen LogP contribution is 2.58. The zero-order valence-electron chi connectivity index (χ0n) is 25.6. The molecular formula is C35H38FN7O2. The lowest BCUT2D eigenvalue weighted by Gasteiger charge is -2.41. The van der Waals surface area contributed by atoms with E-state index in [0.29, 0.717) is 55.0 Å². The second-order valence-electron chi connectivity index (χ2n) is 13.7. The smallest absolute Gasteiger partial charge is 0.319 e. The SMILES string of the molecule is C=CC(=O)N1CCN(c2nc(OCC3(CN4CCCC4)CC3)nc3c(F)c(-c4cccc5c4[C@@H]4C[C@@H]4C5)ncc23)C[C@@H]1CC#N. The fourth-order valence-electron chi connectivity index (χ4n) is 7.95. The number of hydrogen-bond acceptors (Lipinski definition) is 8. The Labute approximate surface area is 262 Å². The zero-order valence-corrected chi connectivity index (χ0v) is 25.6. The molecule has 10 heteroatoms. The van der Waals surface area contributed by atoms with Gasteiger partial charge in [0, 0.05) is 43.4 Å². The molecule has 0 radical (unpaired) electrons. The predicted octanol–water partition coefficient (Wildman–Crippen LogP) is 4.86. The molecule has 0 N–H and O–H groups in total. The third kappa shape index (κ3) is 5.11. The number of nitriles is 1. The number of pyridine rings is 1. The number of fused-ring (bicyclic) bond motifs is 4. The van der Waals surface area contributed by atoms with Crippen molar-refractivity contribution >= 4 is 22.6 Å². The van der Waals surface area contributed by atoms with Gasteiger partial charge in [0.2, 0.25) is 5.91 Å². The predicted molar refractivity (Wildman–Crippen MR) is 168 cm³/mol. The summed E-state index contributed by atoms with van der Waals surface area (Å²) in [6.45, 7) is 8.62. The Morgan fingerprint density at radius 1 is 1.20 bits per heavy atom. The second-order valence-corrected chi connectivity index (χ2v) is 13.7. The van der Waals surface area contributed by atoms with Crippen molar-refractivity contribution < 1.29 is 13.9 Å². The molecule has 0 unspecified atom stereocenters. The molecule has 45 heavy (non-hydrogen) atoms. The summed E-state index contributed by atoms with van der Waals surface area (Å²) in [6.07, 6.45) is 10.0. The van der Waals surface area contributed by atoms with Gasteiger partial charge >= 0.3 is 6.01 Å². The summed E-state index contributed by atoms with van der Waals surface area (Å²) < 4.78 is 23.1. The zero-order chi connectivity index (χ0) is 30.7. The average molecular weight is 608 g/mol. The molecule has 232 valence electrons. The van der Waals surface area contributed by atoms with E-state index in [4.69, 9.17) is 19.7 Å². The Morgan fingerprint density at radius 2 is 2.04 bits per heavy atom. The summed E-state index contributed by atoms with van der Waals surface area (Å²) in [5, 5.41) is 10.0. The minimum atomic E-state index is -0.467. The summed E-state index contributed by atoms with van der Waals surface area (Å²) in [7, 11) is 0. The number of piperazine rings is 1. The fraction of sp³-hybridized carbons (Fsp3) is 0.514. The quantitative estimate of drug-likeness (QED) is 0.318. The van der Waals surface area contributed by atoms with Crippen LogP contribution in [0.15, 0.2) is 37.1 Å². The van der Waals surface area contributed by atoms with E-state index in [0.717, 1.165) is 50.9 Å². The number of benzene rings is 1. The van der Waals surface area contributed by atoms with E-state index in [2.05, 4.69) is 23.6 Å². The maximum Gasteiger partial charge on any atom is 0.319 e. The van der Waals surface area contributed by atoms with Crippen molar-refractivity contribution in [2.75, 3.05) is 50.8 Å². The Kier molecular flexibility index (Phi) is 6.97. The lowest BCUT2D eigenvalue weighted by molar-refractivity contribution is -0.128. The van der Waals surface area contributed by atoms with Gasteiger partial charge in [-0.15, -0.1) is 0 Å². The highest BCUT2D eigenvalue weighted by Gasteiger charge is 2.47. The van der Waals surface area contributed by atoms with Gasteiger partial charge in [-0.25, -0.2) is 4.39 Å². The fourth-order valence-corrected chi connectivity index (χ4v) is 7.95. The molecule has 4 heterocycles. The highest BCUT2D eigenvalue weighted by atomic mass is 19.1. The molecule has 2 saturated heterocycles. The Bertz CT molecular complexity index is 1730. The Balaban J connectivity index is 1.17. The molecule has 9 nitrogen and oxygen atoms in total. The van der Waals surface area contributed by atoms with Crippen molar-refractivity contribution in [3.63, 3.8) is 0 Å². The van der Waals surface area contributed by atoms with Gasteiger partial charge in [-0.3, -0.25) is 9.78 Å². The van der Waals surface area contributed by atoms with Crippen molar-refractivity contribution in [2.24, 2.45) is 11.3 Å². The molecule has 1 aromatic carbocycles.